The number of hydrogen-bond acceptors (Lipinski definition) is 3. The molecule has 0 aromatic heterocycles. The van der Waals surface area contributed by atoms with Gasteiger partial charge in [0.15, 0.2) is 0 Å². The topological polar surface area (TPSA) is 50.7 Å². The number of hydrazone groups is 1. The highest BCUT2D eigenvalue weighted by Crippen LogP contribution is 2.26. The Morgan fingerprint density at radius 2 is 1.69 bits per heavy atom. The van der Waals surface area contributed by atoms with E-state index in [1.807, 2.05) is 66.7 Å². The Balaban J connectivity index is 1.51. The summed E-state index contributed by atoms with van der Waals surface area (Å²) in [4.78, 5) is 12.0. The summed E-state index contributed by atoms with van der Waals surface area (Å²) in [5.74, 6) is 0.543. The summed E-state index contributed by atoms with van der Waals surface area (Å²) in [7, 11) is 0. The van der Waals surface area contributed by atoms with Gasteiger partial charge in [-0.25, -0.2) is 5.43 Å². The second-order valence-corrected chi connectivity index (χ2v) is 8.41. The van der Waals surface area contributed by atoms with Gasteiger partial charge in [-0.1, -0.05) is 51.8 Å². The number of nitrogens with zero attached hydrogens (tertiary/aromatic N) is 1. The first kappa shape index (κ1) is 21.6. The predicted molar refractivity (Wildman–Crippen MR) is 124 cm³/mol. The van der Waals surface area contributed by atoms with Crippen molar-refractivity contribution >= 4 is 55.6 Å². The number of rotatable bonds is 7. The summed E-state index contributed by atoms with van der Waals surface area (Å²) in [6, 6.07) is 20.7. The normalized spacial score (nSPS) is 10.9. The van der Waals surface area contributed by atoms with Crippen LogP contribution < -0.4 is 10.2 Å². The van der Waals surface area contributed by atoms with Gasteiger partial charge < -0.3 is 4.74 Å². The number of hydrogen-bond donors (Lipinski definition) is 1. The average molecular weight is 537 g/mol. The van der Waals surface area contributed by atoms with Crippen molar-refractivity contribution in [1.29, 1.82) is 0 Å². The molecule has 0 radical (unpaired) electrons. The van der Waals surface area contributed by atoms with Gasteiger partial charge >= 0.3 is 0 Å². The quantitative estimate of drug-likeness (QED) is 0.292. The molecule has 1 amide bonds. The third-order valence-corrected chi connectivity index (χ3v) is 5.34. The van der Waals surface area contributed by atoms with Crippen LogP contribution in [0, 0.1) is 0 Å². The Kier molecular flexibility index (Phi) is 7.86. The molecule has 0 fully saturated rings. The van der Waals surface area contributed by atoms with Crippen molar-refractivity contribution < 1.29 is 9.53 Å². The van der Waals surface area contributed by atoms with E-state index in [0.29, 0.717) is 11.6 Å². The molecule has 0 spiro atoms. The van der Waals surface area contributed by atoms with Gasteiger partial charge in [0.25, 0.3) is 0 Å². The zero-order valence-electron chi connectivity index (χ0n) is 15.2. The fourth-order valence-corrected chi connectivity index (χ4v) is 3.36. The summed E-state index contributed by atoms with van der Waals surface area (Å²) in [6.45, 7) is 0.440. The van der Waals surface area contributed by atoms with Crippen LogP contribution in [0.1, 0.15) is 16.7 Å². The molecule has 148 valence electrons. The molecule has 3 rings (SSSR count). The minimum Gasteiger partial charge on any atom is -0.488 e. The van der Waals surface area contributed by atoms with Crippen LogP contribution in [0.15, 0.2) is 80.8 Å². The number of amides is 1. The number of halogens is 3. The van der Waals surface area contributed by atoms with Crippen LogP contribution in [0.3, 0.4) is 0 Å². The van der Waals surface area contributed by atoms with E-state index in [4.69, 9.17) is 16.3 Å². The number of nitrogens with one attached hydrogen (secondary N) is 1. The maximum Gasteiger partial charge on any atom is 0.244 e. The van der Waals surface area contributed by atoms with Gasteiger partial charge in [-0.2, -0.15) is 5.10 Å². The van der Waals surface area contributed by atoms with Crippen LogP contribution in [0.4, 0.5) is 0 Å². The summed E-state index contributed by atoms with van der Waals surface area (Å²) in [5.41, 5.74) is 5.32. The molecule has 0 bridgehead atoms. The van der Waals surface area contributed by atoms with Crippen molar-refractivity contribution in [3.63, 3.8) is 0 Å². The molecule has 0 unspecified atom stereocenters. The van der Waals surface area contributed by atoms with Gasteiger partial charge in [-0.05, 0) is 75.1 Å². The van der Waals surface area contributed by atoms with E-state index < -0.39 is 0 Å². The Hall–Kier alpha value is -2.15. The third-order valence-electron chi connectivity index (χ3n) is 3.94. The maximum atomic E-state index is 12.0. The first-order chi connectivity index (χ1) is 14.0. The SMILES string of the molecule is O=C(Cc1ccc(Br)cc1)N/N=C\c1ccc(OCc2ccc(Cl)cc2)c(Br)c1. The molecule has 1 N–H and O–H groups in total. The van der Waals surface area contributed by atoms with E-state index >= 15 is 0 Å². The number of carbonyl (C=O) groups is 1. The molecular formula is C22H17Br2ClN2O2. The number of benzene rings is 3. The molecule has 7 heteroatoms. The van der Waals surface area contributed by atoms with Gasteiger partial charge in [0.1, 0.15) is 12.4 Å². The molecule has 3 aromatic rings. The van der Waals surface area contributed by atoms with Gasteiger partial charge in [-0.15, -0.1) is 0 Å². The standard InChI is InChI=1S/C22H17Br2ClN2O2/c23-18-6-1-15(2-7-18)12-22(28)27-26-13-17-5-10-21(20(24)11-17)29-14-16-3-8-19(25)9-4-16/h1-11,13H,12,14H2,(H,27,28)/b26-13-. The molecule has 0 saturated heterocycles. The first-order valence-electron chi connectivity index (χ1n) is 8.73. The zero-order chi connectivity index (χ0) is 20.6. The number of carbonyl (C=O) groups excluding carboxylic acids is 1. The highest BCUT2D eigenvalue weighted by atomic mass is 79.9. The largest absolute Gasteiger partial charge is 0.488 e. The van der Waals surface area contributed by atoms with E-state index in [2.05, 4.69) is 42.4 Å². The summed E-state index contributed by atoms with van der Waals surface area (Å²) in [5, 5.41) is 4.72. The minimum atomic E-state index is -0.175. The Morgan fingerprint density at radius 3 is 2.38 bits per heavy atom. The van der Waals surface area contributed by atoms with E-state index in [0.717, 1.165) is 31.4 Å². The van der Waals surface area contributed by atoms with Crippen molar-refractivity contribution in [2.75, 3.05) is 0 Å². The van der Waals surface area contributed by atoms with Crippen LogP contribution in [0.25, 0.3) is 0 Å². The molecule has 0 aliphatic carbocycles. The summed E-state index contributed by atoms with van der Waals surface area (Å²) < 4.78 is 7.61. The maximum absolute atomic E-state index is 12.0. The van der Waals surface area contributed by atoms with Crippen LogP contribution in [0.2, 0.25) is 5.02 Å². The highest BCUT2D eigenvalue weighted by Gasteiger charge is 2.04. The van der Waals surface area contributed by atoms with Crippen molar-refractivity contribution in [3.05, 3.63) is 97.4 Å². The Labute approximate surface area is 191 Å². The monoisotopic (exact) mass is 534 g/mol. The number of ether oxygens (including phenoxy) is 1. The second kappa shape index (κ2) is 10.6. The van der Waals surface area contributed by atoms with E-state index in [9.17, 15) is 4.79 Å². The van der Waals surface area contributed by atoms with Gasteiger partial charge in [0.2, 0.25) is 5.91 Å². The molecule has 0 heterocycles. The predicted octanol–water partition coefficient (Wildman–Crippen LogP) is 6.14. The Morgan fingerprint density at radius 1 is 1.00 bits per heavy atom. The molecular weight excluding hydrogens is 520 g/mol. The minimum absolute atomic E-state index is 0.175. The molecule has 0 aliphatic heterocycles. The van der Waals surface area contributed by atoms with Gasteiger partial charge in [0, 0.05) is 9.50 Å². The van der Waals surface area contributed by atoms with Crippen molar-refractivity contribution in [1.82, 2.24) is 5.43 Å². The van der Waals surface area contributed by atoms with Crippen LogP contribution in [0.5, 0.6) is 5.75 Å². The lowest BCUT2D eigenvalue weighted by molar-refractivity contribution is -0.120. The third kappa shape index (κ3) is 6.99. The average Bonchev–Trinajstić information content (AvgIpc) is 2.70. The lowest BCUT2D eigenvalue weighted by Crippen LogP contribution is -2.19. The van der Waals surface area contributed by atoms with E-state index in [1.54, 1.807) is 6.21 Å². The van der Waals surface area contributed by atoms with Crippen LogP contribution in [-0.2, 0) is 17.8 Å². The van der Waals surface area contributed by atoms with Gasteiger partial charge in [0.05, 0.1) is 17.1 Å². The van der Waals surface area contributed by atoms with Crippen molar-refractivity contribution in [2.24, 2.45) is 5.10 Å². The zero-order valence-corrected chi connectivity index (χ0v) is 19.2. The fraction of sp³-hybridized carbons (Fsp3) is 0.0909. The van der Waals surface area contributed by atoms with E-state index in [1.165, 1.54) is 0 Å². The summed E-state index contributed by atoms with van der Waals surface area (Å²) in [6.07, 6.45) is 1.86. The molecule has 4 nitrogen and oxygen atoms in total. The smallest absolute Gasteiger partial charge is 0.244 e. The van der Waals surface area contributed by atoms with Crippen molar-refractivity contribution in [2.45, 2.75) is 13.0 Å². The lowest BCUT2D eigenvalue weighted by atomic mass is 10.1. The molecule has 0 atom stereocenters. The summed E-state index contributed by atoms with van der Waals surface area (Å²) >= 11 is 12.8. The van der Waals surface area contributed by atoms with Crippen LogP contribution in [-0.4, -0.2) is 12.1 Å². The van der Waals surface area contributed by atoms with Gasteiger partial charge in [-0.3, -0.25) is 4.79 Å². The van der Waals surface area contributed by atoms with E-state index in [-0.39, 0.29) is 12.3 Å². The highest BCUT2D eigenvalue weighted by molar-refractivity contribution is 9.10. The second-order valence-electron chi connectivity index (χ2n) is 6.20. The Bertz CT molecular complexity index is 1010. The molecule has 0 saturated carbocycles. The van der Waals surface area contributed by atoms with Crippen LogP contribution >= 0.6 is 43.5 Å². The lowest BCUT2D eigenvalue weighted by Gasteiger charge is -2.09. The first-order valence-corrected chi connectivity index (χ1v) is 10.7. The molecule has 29 heavy (non-hydrogen) atoms. The molecule has 0 aliphatic rings. The molecule has 3 aromatic carbocycles. The fourth-order valence-electron chi connectivity index (χ4n) is 2.46. The van der Waals surface area contributed by atoms with Crippen molar-refractivity contribution in [3.8, 4) is 5.75 Å².